The van der Waals surface area contributed by atoms with Crippen molar-refractivity contribution in [2.45, 2.75) is 38.1 Å². The van der Waals surface area contributed by atoms with Gasteiger partial charge in [-0.25, -0.2) is 4.98 Å². The zero-order valence-electron chi connectivity index (χ0n) is 10.3. The summed E-state index contributed by atoms with van der Waals surface area (Å²) < 4.78 is 0. The van der Waals surface area contributed by atoms with Crippen molar-refractivity contribution in [3.05, 3.63) is 16.1 Å². The van der Waals surface area contributed by atoms with Crippen LogP contribution in [0.5, 0.6) is 0 Å². The maximum Gasteiger partial charge on any atom is 0.0960 e. The summed E-state index contributed by atoms with van der Waals surface area (Å²) in [5.41, 5.74) is 1.30. The molecular weight excluding hydrogens is 230 g/mol. The molecular formula is C13H21N3S. The Bertz CT molecular complexity index is 351. The minimum absolute atomic E-state index is 0.716. The van der Waals surface area contributed by atoms with Crippen molar-refractivity contribution in [3.8, 4) is 0 Å². The van der Waals surface area contributed by atoms with Crippen LogP contribution in [0.15, 0.2) is 5.38 Å². The summed E-state index contributed by atoms with van der Waals surface area (Å²) >= 11 is 1.87. The van der Waals surface area contributed by atoms with Gasteiger partial charge in [0.15, 0.2) is 0 Å². The Morgan fingerprint density at radius 1 is 1.29 bits per heavy atom. The van der Waals surface area contributed by atoms with Crippen LogP contribution in [0.2, 0.25) is 0 Å². The molecule has 4 heteroatoms. The fraction of sp³-hybridized carbons (Fsp3) is 0.769. The van der Waals surface area contributed by atoms with Crippen molar-refractivity contribution in [1.29, 1.82) is 0 Å². The number of hydrogen-bond acceptors (Lipinski definition) is 4. The average molecular weight is 251 g/mol. The molecule has 0 aliphatic carbocycles. The third-order valence-electron chi connectivity index (χ3n) is 3.84. The largest absolute Gasteiger partial charge is 0.317 e. The SMILES string of the molecule is c1sc(C2CCNCC2)nc1CN1CCCC1. The van der Waals surface area contributed by atoms with E-state index in [1.54, 1.807) is 0 Å². The van der Waals surface area contributed by atoms with E-state index in [-0.39, 0.29) is 0 Å². The van der Waals surface area contributed by atoms with E-state index in [0.29, 0.717) is 5.92 Å². The third kappa shape index (κ3) is 2.87. The van der Waals surface area contributed by atoms with Crippen LogP contribution in [-0.4, -0.2) is 36.1 Å². The van der Waals surface area contributed by atoms with E-state index in [2.05, 4.69) is 15.6 Å². The molecule has 1 N–H and O–H groups in total. The Kier molecular flexibility index (Phi) is 3.74. The molecule has 0 bridgehead atoms. The van der Waals surface area contributed by atoms with Gasteiger partial charge in [-0.3, -0.25) is 4.90 Å². The van der Waals surface area contributed by atoms with Crippen molar-refractivity contribution >= 4 is 11.3 Å². The van der Waals surface area contributed by atoms with Crippen LogP contribution in [0.1, 0.15) is 42.3 Å². The number of rotatable bonds is 3. The van der Waals surface area contributed by atoms with Crippen LogP contribution in [0.4, 0.5) is 0 Å². The van der Waals surface area contributed by atoms with Gasteiger partial charge in [-0.05, 0) is 51.9 Å². The molecule has 2 fully saturated rings. The summed E-state index contributed by atoms with van der Waals surface area (Å²) in [7, 11) is 0. The van der Waals surface area contributed by atoms with E-state index < -0.39 is 0 Å². The van der Waals surface area contributed by atoms with Crippen molar-refractivity contribution in [2.75, 3.05) is 26.2 Å². The van der Waals surface area contributed by atoms with Crippen LogP contribution in [0.3, 0.4) is 0 Å². The average Bonchev–Trinajstić information content (AvgIpc) is 3.02. The Morgan fingerprint density at radius 3 is 2.82 bits per heavy atom. The van der Waals surface area contributed by atoms with Gasteiger partial charge in [0.1, 0.15) is 0 Å². The molecule has 0 saturated carbocycles. The second kappa shape index (κ2) is 5.46. The van der Waals surface area contributed by atoms with Crippen LogP contribution in [0, 0.1) is 0 Å². The topological polar surface area (TPSA) is 28.2 Å². The van der Waals surface area contributed by atoms with Gasteiger partial charge in [-0.2, -0.15) is 0 Å². The number of hydrogen-bond donors (Lipinski definition) is 1. The van der Waals surface area contributed by atoms with Gasteiger partial charge >= 0.3 is 0 Å². The van der Waals surface area contributed by atoms with Crippen molar-refractivity contribution in [3.63, 3.8) is 0 Å². The Hall–Kier alpha value is -0.450. The molecule has 1 aromatic rings. The number of aromatic nitrogens is 1. The number of nitrogens with zero attached hydrogens (tertiary/aromatic N) is 2. The first-order valence-corrected chi connectivity index (χ1v) is 7.67. The molecule has 0 radical (unpaired) electrons. The minimum Gasteiger partial charge on any atom is -0.317 e. The third-order valence-corrected chi connectivity index (χ3v) is 4.90. The second-order valence-corrected chi connectivity index (χ2v) is 6.07. The van der Waals surface area contributed by atoms with Gasteiger partial charge in [0.25, 0.3) is 0 Å². The van der Waals surface area contributed by atoms with Gasteiger partial charge < -0.3 is 5.32 Å². The van der Waals surface area contributed by atoms with Gasteiger partial charge in [-0.1, -0.05) is 0 Å². The van der Waals surface area contributed by atoms with Gasteiger partial charge in [0.2, 0.25) is 0 Å². The smallest absolute Gasteiger partial charge is 0.0960 e. The van der Waals surface area contributed by atoms with E-state index in [1.807, 2.05) is 11.3 Å². The maximum atomic E-state index is 4.85. The van der Waals surface area contributed by atoms with E-state index in [4.69, 9.17) is 4.98 Å². The van der Waals surface area contributed by atoms with Gasteiger partial charge in [-0.15, -0.1) is 11.3 Å². The van der Waals surface area contributed by atoms with E-state index in [9.17, 15) is 0 Å². The van der Waals surface area contributed by atoms with Crippen LogP contribution < -0.4 is 5.32 Å². The molecule has 0 amide bonds. The predicted octanol–water partition coefficient (Wildman–Crippen LogP) is 2.21. The first kappa shape index (κ1) is 11.6. The fourth-order valence-electron chi connectivity index (χ4n) is 2.82. The first-order valence-electron chi connectivity index (χ1n) is 6.79. The molecule has 2 saturated heterocycles. The highest BCUT2D eigenvalue weighted by molar-refractivity contribution is 7.09. The summed E-state index contributed by atoms with van der Waals surface area (Å²) in [5.74, 6) is 0.716. The summed E-state index contributed by atoms with van der Waals surface area (Å²) in [4.78, 5) is 7.38. The Labute approximate surface area is 107 Å². The molecule has 2 aliphatic heterocycles. The Morgan fingerprint density at radius 2 is 2.06 bits per heavy atom. The zero-order chi connectivity index (χ0) is 11.5. The predicted molar refractivity (Wildman–Crippen MR) is 71.5 cm³/mol. The molecule has 94 valence electrons. The van der Waals surface area contributed by atoms with E-state index >= 15 is 0 Å². The Balaban J connectivity index is 1.60. The molecule has 17 heavy (non-hydrogen) atoms. The van der Waals surface area contributed by atoms with Crippen molar-refractivity contribution in [2.24, 2.45) is 0 Å². The monoisotopic (exact) mass is 251 g/mol. The number of likely N-dealkylation sites (tertiary alicyclic amines) is 1. The highest BCUT2D eigenvalue weighted by Crippen LogP contribution is 2.28. The molecule has 0 atom stereocenters. The lowest BCUT2D eigenvalue weighted by Crippen LogP contribution is -2.26. The fourth-order valence-corrected chi connectivity index (χ4v) is 3.80. The standard InChI is InChI=1S/C13H21N3S/c1-2-8-16(7-1)9-12-10-17-13(15-12)11-3-5-14-6-4-11/h10-11,14H,1-9H2. The lowest BCUT2D eigenvalue weighted by Gasteiger charge is -2.20. The summed E-state index contributed by atoms with van der Waals surface area (Å²) in [6.07, 6.45) is 5.25. The van der Waals surface area contributed by atoms with E-state index in [1.165, 1.54) is 49.5 Å². The van der Waals surface area contributed by atoms with Crippen molar-refractivity contribution in [1.82, 2.24) is 15.2 Å². The highest BCUT2D eigenvalue weighted by Gasteiger charge is 2.19. The molecule has 2 aliphatic rings. The van der Waals surface area contributed by atoms with Crippen LogP contribution in [0.25, 0.3) is 0 Å². The quantitative estimate of drug-likeness (QED) is 0.892. The normalized spacial score (nSPS) is 23.3. The summed E-state index contributed by atoms with van der Waals surface area (Å²) in [6, 6.07) is 0. The molecule has 3 heterocycles. The minimum atomic E-state index is 0.716. The van der Waals surface area contributed by atoms with Gasteiger partial charge in [0.05, 0.1) is 10.7 Å². The highest BCUT2D eigenvalue weighted by atomic mass is 32.1. The lowest BCUT2D eigenvalue weighted by atomic mass is 9.99. The lowest BCUT2D eigenvalue weighted by molar-refractivity contribution is 0.327. The number of nitrogens with one attached hydrogen (secondary N) is 1. The molecule has 1 aromatic heterocycles. The molecule has 0 aromatic carbocycles. The molecule has 3 rings (SSSR count). The first-order chi connectivity index (χ1) is 8.42. The molecule has 3 nitrogen and oxygen atoms in total. The molecule has 0 unspecified atom stereocenters. The van der Waals surface area contributed by atoms with E-state index in [0.717, 1.165) is 19.6 Å². The van der Waals surface area contributed by atoms with Crippen LogP contribution >= 0.6 is 11.3 Å². The maximum absolute atomic E-state index is 4.85. The van der Waals surface area contributed by atoms with Crippen LogP contribution in [-0.2, 0) is 6.54 Å². The molecule has 0 spiro atoms. The summed E-state index contributed by atoms with van der Waals surface area (Å²) in [6.45, 7) is 5.92. The second-order valence-electron chi connectivity index (χ2n) is 5.18. The summed E-state index contributed by atoms with van der Waals surface area (Å²) in [5, 5.41) is 7.07. The number of piperidine rings is 1. The van der Waals surface area contributed by atoms with Gasteiger partial charge in [0, 0.05) is 17.8 Å². The zero-order valence-corrected chi connectivity index (χ0v) is 11.1. The van der Waals surface area contributed by atoms with Crippen molar-refractivity contribution < 1.29 is 0 Å². The number of thiazole rings is 1.